The average molecular weight is 682 g/mol. The Hall–Kier alpha value is -7.02. The molecule has 0 amide bonds. The van der Waals surface area contributed by atoms with Gasteiger partial charge in [0.1, 0.15) is 0 Å². The third-order valence-corrected chi connectivity index (χ3v) is 10.1. The molecule has 0 saturated heterocycles. The van der Waals surface area contributed by atoms with Crippen molar-refractivity contribution in [3.8, 4) is 45.2 Å². The van der Waals surface area contributed by atoms with Gasteiger partial charge in [0.2, 0.25) is 0 Å². The average Bonchev–Trinajstić information content (AvgIpc) is 3.74. The highest BCUT2D eigenvalue weighted by atomic mass is 14.5. The molecule has 0 saturated carbocycles. The van der Waals surface area contributed by atoms with Crippen molar-refractivity contribution in [3.63, 3.8) is 0 Å². The molecule has 0 heterocycles. The van der Waals surface area contributed by atoms with E-state index in [1.807, 2.05) is 48.6 Å². The predicted octanol–water partition coefficient (Wildman–Crippen LogP) is 10.9. The Balaban J connectivity index is 1.31. The van der Waals surface area contributed by atoms with Crippen LogP contribution in [0.2, 0.25) is 0 Å². The summed E-state index contributed by atoms with van der Waals surface area (Å²) in [5, 5.41) is 0. The first-order valence-electron chi connectivity index (χ1n) is 17.8. The van der Waals surface area contributed by atoms with Gasteiger partial charge < -0.3 is 17.2 Å². The molecule has 0 radical (unpaired) electrons. The molecule has 0 aromatic heterocycles. The van der Waals surface area contributed by atoms with Crippen LogP contribution in [0.25, 0.3) is 33.4 Å². The summed E-state index contributed by atoms with van der Waals surface area (Å²) in [6, 6.07) is 59.7. The Labute approximate surface area is 311 Å². The van der Waals surface area contributed by atoms with Crippen LogP contribution < -0.4 is 17.2 Å². The van der Waals surface area contributed by atoms with Gasteiger partial charge in [-0.25, -0.2) is 0 Å². The van der Waals surface area contributed by atoms with Gasteiger partial charge in [-0.3, -0.25) is 0 Å². The molecule has 0 bridgehead atoms. The van der Waals surface area contributed by atoms with Gasteiger partial charge in [0, 0.05) is 22.6 Å². The van der Waals surface area contributed by atoms with E-state index in [1.54, 1.807) is 0 Å². The molecular formula is C50H39N3. The van der Waals surface area contributed by atoms with Crippen LogP contribution in [0.15, 0.2) is 194 Å². The summed E-state index contributed by atoms with van der Waals surface area (Å²) in [6.07, 6.45) is 8.32. The molecule has 7 aromatic rings. The maximum Gasteiger partial charge on any atom is 0.0701 e. The fourth-order valence-electron chi connectivity index (χ4n) is 7.26. The topological polar surface area (TPSA) is 78.1 Å². The van der Waals surface area contributed by atoms with Gasteiger partial charge in [0.15, 0.2) is 0 Å². The van der Waals surface area contributed by atoms with Gasteiger partial charge in [0.25, 0.3) is 0 Å². The number of hydrogen-bond donors (Lipinski definition) is 3. The Kier molecular flexibility index (Phi) is 8.95. The van der Waals surface area contributed by atoms with E-state index < -0.39 is 5.41 Å². The van der Waals surface area contributed by atoms with Crippen LogP contribution in [0.1, 0.15) is 27.8 Å². The third kappa shape index (κ3) is 6.75. The number of nitrogens with two attached hydrogens (primary N) is 3. The van der Waals surface area contributed by atoms with Crippen molar-refractivity contribution >= 4 is 17.1 Å². The van der Waals surface area contributed by atoms with Crippen molar-refractivity contribution in [2.24, 2.45) is 5.92 Å². The molecule has 0 aliphatic heterocycles. The molecule has 0 spiro atoms. The second-order valence-electron chi connectivity index (χ2n) is 13.5. The van der Waals surface area contributed by atoms with Crippen molar-refractivity contribution in [1.82, 2.24) is 0 Å². The normalized spacial score (nSPS) is 12.4. The highest BCUT2D eigenvalue weighted by Crippen LogP contribution is 2.46. The minimum Gasteiger partial charge on any atom is -0.399 e. The summed E-state index contributed by atoms with van der Waals surface area (Å²) in [7, 11) is 0. The minimum atomic E-state index is -0.665. The molecule has 53 heavy (non-hydrogen) atoms. The first-order valence-corrected chi connectivity index (χ1v) is 17.8. The van der Waals surface area contributed by atoms with E-state index in [2.05, 4.69) is 157 Å². The summed E-state index contributed by atoms with van der Waals surface area (Å²) in [4.78, 5) is 0. The Morgan fingerprint density at radius 3 is 0.906 bits per heavy atom. The summed E-state index contributed by atoms with van der Waals surface area (Å²) >= 11 is 0. The second kappa shape index (κ2) is 14.3. The van der Waals surface area contributed by atoms with Crippen molar-refractivity contribution < 1.29 is 0 Å². The van der Waals surface area contributed by atoms with Crippen LogP contribution in [0, 0.1) is 17.8 Å². The zero-order valence-corrected chi connectivity index (χ0v) is 29.3. The van der Waals surface area contributed by atoms with E-state index in [-0.39, 0.29) is 5.92 Å². The highest BCUT2D eigenvalue weighted by molar-refractivity contribution is 5.72. The van der Waals surface area contributed by atoms with Crippen LogP contribution in [0.5, 0.6) is 0 Å². The van der Waals surface area contributed by atoms with Gasteiger partial charge >= 0.3 is 0 Å². The lowest BCUT2D eigenvalue weighted by molar-refractivity contribution is 0.745. The number of rotatable bonds is 7. The smallest absolute Gasteiger partial charge is 0.0701 e. The zero-order chi connectivity index (χ0) is 36.2. The van der Waals surface area contributed by atoms with Crippen LogP contribution in [-0.2, 0) is 5.41 Å². The fourth-order valence-corrected chi connectivity index (χ4v) is 7.26. The largest absolute Gasteiger partial charge is 0.399 e. The number of nitrogen functional groups attached to an aromatic ring is 3. The Bertz CT molecular complexity index is 2230. The maximum absolute atomic E-state index is 6.02. The second-order valence-corrected chi connectivity index (χ2v) is 13.5. The van der Waals surface area contributed by atoms with Gasteiger partial charge in [-0.1, -0.05) is 157 Å². The molecular weight excluding hydrogens is 643 g/mol. The molecule has 254 valence electrons. The van der Waals surface area contributed by atoms with Gasteiger partial charge in [-0.2, -0.15) is 0 Å². The first-order chi connectivity index (χ1) is 26.0. The molecule has 3 nitrogen and oxygen atoms in total. The lowest BCUT2D eigenvalue weighted by Crippen LogP contribution is -2.31. The van der Waals surface area contributed by atoms with Gasteiger partial charge in [-0.15, -0.1) is 0 Å². The van der Waals surface area contributed by atoms with Crippen LogP contribution >= 0.6 is 0 Å². The van der Waals surface area contributed by atoms with Gasteiger partial charge in [-0.05, 0) is 104 Å². The monoisotopic (exact) mass is 681 g/mol. The number of benzene rings is 7. The van der Waals surface area contributed by atoms with Crippen molar-refractivity contribution in [2.45, 2.75) is 5.41 Å². The van der Waals surface area contributed by atoms with Gasteiger partial charge in [0.05, 0.1) is 11.3 Å². The summed E-state index contributed by atoms with van der Waals surface area (Å²) in [6.45, 7) is 0. The molecule has 0 fully saturated rings. The van der Waals surface area contributed by atoms with E-state index >= 15 is 0 Å². The highest BCUT2D eigenvalue weighted by Gasteiger charge is 2.38. The number of hydrogen-bond acceptors (Lipinski definition) is 3. The van der Waals surface area contributed by atoms with E-state index in [9.17, 15) is 0 Å². The summed E-state index contributed by atoms with van der Waals surface area (Å²) in [5.74, 6) is 6.92. The Morgan fingerprint density at radius 1 is 0.340 bits per heavy atom. The fraction of sp³-hybridized carbons (Fsp3) is 0.0400. The van der Waals surface area contributed by atoms with Crippen molar-refractivity contribution in [2.75, 3.05) is 17.2 Å². The van der Waals surface area contributed by atoms with E-state index in [0.717, 1.165) is 78.3 Å². The maximum atomic E-state index is 6.02. The predicted molar refractivity (Wildman–Crippen MR) is 223 cm³/mol. The first kappa shape index (κ1) is 33.1. The molecule has 7 aromatic carbocycles. The van der Waals surface area contributed by atoms with Crippen LogP contribution in [0.3, 0.4) is 0 Å². The van der Waals surface area contributed by atoms with E-state index in [4.69, 9.17) is 17.2 Å². The molecule has 1 aliphatic carbocycles. The summed E-state index contributed by atoms with van der Waals surface area (Å²) < 4.78 is 0. The van der Waals surface area contributed by atoms with Crippen LogP contribution in [0.4, 0.5) is 17.1 Å². The van der Waals surface area contributed by atoms with E-state index in [0.29, 0.717) is 0 Å². The molecule has 0 atom stereocenters. The van der Waals surface area contributed by atoms with Crippen molar-refractivity contribution in [3.05, 3.63) is 222 Å². The summed E-state index contributed by atoms with van der Waals surface area (Å²) in [5.41, 5.74) is 32.0. The standard InChI is InChI=1S/C50H39N3/c51-47-29-15-40(16-30-47)37-9-23-44(24-10-37)50(43-21-7-36(8-22-43)6-5-35-3-1-2-4-35,45-25-11-38(12-26-45)41-17-31-48(52)32-18-41)46-27-13-39(14-28-46)42-19-33-49(53)34-20-42/h1-4,7-35H,51-53H2. The zero-order valence-electron chi connectivity index (χ0n) is 29.3. The number of allylic oxidation sites excluding steroid dienone is 4. The molecule has 8 rings (SSSR count). The Morgan fingerprint density at radius 2 is 0.604 bits per heavy atom. The minimum absolute atomic E-state index is 0.146. The molecule has 3 heteroatoms. The van der Waals surface area contributed by atoms with E-state index in [1.165, 1.54) is 0 Å². The SMILES string of the molecule is Nc1ccc(-c2ccc(C(c3ccc(C#CC4C=CC=C4)cc3)(c3ccc(-c4ccc(N)cc4)cc3)c3ccc(-c4ccc(N)cc4)cc3)cc2)cc1. The quantitative estimate of drug-likeness (QED) is 0.0890. The lowest BCUT2D eigenvalue weighted by atomic mass is 9.64. The molecule has 6 N–H and O–H groups in total. The van der Waals surface area contributed by atoms with Crippen molar-refractivity contribution in [1.29, 1.82) is 0 Å². The lowest BCUT2D eigenvalue weighted by Gasteiger charge is -2.37. The molecule has 1 aliphatic rings. The third-order valence-electron chi connectivity index (χ3n) is 10.1. The number of anilines is 3. The van der Waals surface area contributed by atoms with Crippen LogP contribution in [-0.4, -0.2) is 0 Å². The molecule has 0 unspecified atom stereocenters.